The third-order valence-corrected chi connectivity index (χ3v) is 4.01. The van der Waals surface area contributed by atoms with E-state index in [0.29, 0.717) is 0 Å². The zero-order valence-corrected chi connectivity index (χ0v) is 12.2. The molecule has 0 saturated carbocycles. The van der Waals surface area contributed by atoms with Gasteiger partial charge in [0, 0.05) is 5.41 Å². The van der Waals surface area contributed by atoms with Crippen molar-refractivity contribution in [2.45, 2.75) is 33.2 Å². The van der Waals surface area contributed by atoms with Gasteiger partial charge in [-0.15, -0.1) is 6.58 Å². The highest BCUT2D eigenvalue weighted by Crippen LogP contribution is 2.41. The number of halogens is 3. The Morgan fingerprint density at radius 1 is 1.26 bits per heavy atom. The van der Waals surface area contributed by atoms with E-state index in [-0.39, 0.29) is 11.8 Å². The Balaban J connectivity index is 5.29. The molecule has 0 bridgehead atoms. The van der Waals surface area contributed by atoms with Gasteiger partial charge < -0.3 is 4.18 Å². The molecule has 0 radical (unpaired) electrons. The summed E-state index contributed by atoms with van der Waals surface area (Å²) in [5, 5.41) is 0. The molecule has 0 aromatic rings. The van der Waals surface area contributed by atoms with Crippen molar-refractivity contribution in [1.82, 2.24) is 0 Å². The van der Waals surface area contributed by atoms with Gasteiger partial charge in [0.1, 0.15) is 5.76 Å². The van der Waals surface area contributed by atoms with Crippen LogP contribution in [0.1, 0.15) is 27.7 Å². The summed E-state index contributed by atoms with van der Waals surface area (Å²) in [4.78, 5) is 0. The molecule has 0 aromatic carbocycles. The van der Waals surface area contributed by atoms with Crippen LogP contribution in [0.4, 0.5) is 13.2 Å². The number of alkyl halides is 3. The summed E-state index contributed by atoms with van der Waals surface area (Å²) >= 11 is 0. The minimum atomic E-state index is -5.68. The number of allylic oxidation sites excluding steroid dienone is 2. The molecule has 0 rings (SSSR count). The van der Waals surface area contributed by atoms with Crippen LogP contribution < -0.4 is 0 Å². The Morgan fingerprint density at radius 3 is 1.95 bits per heavy atom. The van der Waals surface area contributed by atoms with E-state index in [1.165, 1.54) is 0 Å². The van der Waals surface area contributed by atoms with E-state index in [0.717, 1.165) is 0 Å². The van der Waals surface area contributed by atoms with Crippen molar-refractivity contribution in [3.8, 4) is 0 Å². The van der Waals surface area contributed by atoms with Gasteiger partial charge in [-0.2, -0.15) is 21.6 Å². The highest BCUT2D eigenvalue weighted by Gasteiger charge is 2.50. The molecule has 0 aliphatic heterocycles. The van der Waals surface area contributed by atoms with Crippen molar-refractivity contribution >= 4 is 10.1 Å². The fourth-order valence-electron chi connectivity index (χ4n) is 1.87. The molecule has 0 aliphatic rings. The molecule has 0 aliphatic carbocycles. The summed E-state index contributed by atoms with van der Waals surface area (Å²) in [7, 11) is -5.68. The Bertz CT molecular complexity index is 447. The maximum absolute atomic E-state index is 12.2. The van der Waals surface area contributed by atoms with Gasteiger partial charge in [-0.3, -0.25) is 0 Å². The van der Waals surface area contributed by atoms with E-state index < -0.39 is 26.8 Å². The maximum Gasteiger partial charge on any atom is 0.534 e. The highest BCUT2D eigenvalue weighted by atomic mass is 32.2. The molecule has 19 heavy (non-hydrogen) atoms. The molecule has 0 aromatic heterocycles. The van der Waals surface area contributed by atoms with Gasteiger partial charge in [0.05, 0.1) is 0 Å². The van der Waals surface area contributed by atoms with E-state index in [9.17, 15) is 21.6 Å². The second-order valence-corrected chi connectivity index (χ2v) is 6.67. The maximum atomic E-state index is 12.2. The van der Waals surface area contributed by atoms with Crippen LogP contribution in [0.3, 0.4) is 0 Å². The van der Waals surface area contributed by atoms with Gasteiger partial charge in [0.15, 0.2) is 0 Å². The lowest BCUT2D eigenvalue weighted by molar-refractivity contribution is -0.0535. The fourth-order valence-corrected chi connectivity index (χ4v) is 2.45. The van der Waals surface area contributed by atoms with Crippen molar-refractivity contribution in [1.29, 1.82) is 0 Å². The molecular weight excluding hydrogens is 281 g/mol. The lowest BCUT2D eigenvalue weighted by atomic mass is 9.72. The number of rotatable bonds is 6. The van der Waals surface area contributed by atoms with Crippen LogP contribution in [0.15, 0.2) is 25.0 Å². The van der Waals surface area contributed by atoms with Crippen LogP contribution in [-0.2, 0) is 14.3 Å². The van der Waals surface area contributed by atoms with Gasteiger partial charge in [-0.05, 0) is 11.8 Å². The summed E-state index contributed by atoms with van der Waals surface area (Å²) in [6.07, 6.45) is 1.55. The smallest absolute Gasteiger partial charge is 0.381 e. The lowest BCUT2D eigenvalue weighted by Crippen LogP contribution is -2.33. The third-order valence-electron chi connectivity index (χ3n) is 3.02. The van der Waals surface area contributed by atoms with Crippen molar-refractivity contribution in [2.24, 2.45) is 17.3 Å². The lowest BCUT2D eigenvalue weighted by Gasteiger charge is -2.35. The van der Waals surface area contributed by atoms with Gasteiger partial charge in [0.25, 0.3) is 0 Å². The van der Waals surface area contributed by atoms with Gasteiger partial charge in [-0.25, -0.2) is 0 Å². The van der Waals surface area contributed by atoms with Crippen molar-refractivity contribution in [3.63, 3.8) is 0 Å². The van der Waals surface area contributed by atoms with Crippen LogP contribution in [0.2, 0.25) is 0 Å². The average Bonchev–Trinajstić information content (AvgIpc) is 2.14. The normalized spacial score (nSPS) is 15.2. The Labute approximate surface area is 112 Å². The molecule has 0 amide bonds. The molecule has 7 heteroatoms. The van der Waals surface area contributed by atoms with Gasteiger partial charge in [-0.1, -0.05) is 40.3 Å². The first-order valence-electron chi connectivity index (χ1n) is 5.60. The highest BCUT2D eigenvalue weighted by molar-refractivity contribution is 7.87. The van der Waals surface area contributed by atoms with Crippen LogP contribution in [0.5, 0.6) is 0 Å². The van der Waals surface area contributed by atoms with E-state index >= 15 is 0 Å². The fraction of sp³-hybridized carbons (Fsp3) is 0.667. The topological polar surface area (TPSA) is 43.4 Å². The molecule has 0 saturated heterocycles. The molecule has 1 unspecified atom stereocenters. The van der Waals surface area contributed by atoms with Crippen molar-refractivity contribution < 1.29 is 25.8 Å². The van der Waals surface area contributed by atoms with Crippen molar-refractivity contribution in [2.75, 3.05) is 0 Å². The summed E-state index contributed by atoms with van der Waals surface area (Å²) in [5.74, 6) is -0.687. The first-order chi connectivity index (χ1) is 8.27. The zero-order valence-electron chi connectivity index (χ0n) is 11.4. The predicted octanol–water partition coefficient (Wildman–Crippen LogP) is 3.85. The van der Waals surface area contributed by atoms with Gasteiger partial charge >= 0.3 is 15.6 Å². The Kier molecular flexibility index (Phi) is 5.28. The quantitative estimate of drug-likeness (QED) is 0.324. The number of hydrogen-bond donors (Lipinski definition) is 0. The van der Waals surface area contributed by atoms with Crippen LogP contribution in [0, 0.1) is 17.3 Å². The predicted molar refractivity (Wildman–Crippen MR) is 67.5 cm³/mol. The monoisotopic (exact) mass is 300 g/mol. The van der Waals surface area contributed by atoms with Crippen molar-refractivity contribution in [3.05, 3.63) is 25.0 Å². The Hall–Kier alpha value is -0.980. The molecule has 0 heterocycles. The second kappa shape index (κ2) is 5.56. The minimum Gasteiger partial charge on any atom is -0.381 e. The largest absolute Gasteiger partial charge is 0.534 e. The summed E-state index contributed by atoms with van der Waals surface area (Å²) in [6, 6.07) is 0. The molecular formula is C12H19F3O3S. The molecule has 0 N–H and O–H groups in total. The van der Waals surface area contributed by atoms with Crippen LogP contribution in [-0.4, -0.2) is 13.9 Å². The molecule has 3 nitrogen and oxygen atoms in total. The van der Waals surface area contributed by atoms with E-state index in [2.05, 4.69) is 17.3 Å². The second-order valence-electron chi connectivity index (χ2n) is 5.13. The van der Waals surface area contributed by atoms with E-state index in [1.807, 2.05) is 13.8 Å². The summed E-state index contributed by atoms with van der Waals surface area (Å²) < 4.78 is 62.8. The summed E-state index contributed by atoms with van der Waals surface area (Å²) in [5.41, 5.74) is -6.46. The first-order valence-corrected chi connectivity index (χ1v) is 7.01. The minimum absolute atomic E-state index is 0.0430. The van der Waals surface area contributed by atoms with Crippen LogP contribution in [0.25, 0.3) is 0 Å². The van der Waals surface area contributed by atoms with Gasteiger partial charge in [0.2, 0.25) is 0 Å². The van der Waals surface area contributed by atoms with E-state index in [1.54, 1.807) is 19.9 Å². The number of hydrogen-bond acceptors (Lipinski definition) is 3. The average molecular weight is 300 g/mol. The molecule has 1 atom stereocenters. The zero-order chi connectivity index (χ0) is 15.6. The first kappa shape index (κ1) is 18.0. The van der Waals surface area contributed by atoms with E-state index in [4.69, 9.17) is 0 Å². The molecule has 112 valence electrons. The third kappa shape index (κ3) is 3.99. The summed E-state index contributed by atoms with van der Waals surface area (Å²) in [6.45, 7) is 13.8. The Morgan fingerprint density at radius 2 is 1.68 bits per heavy atom. The standard InChI is InChI=1S/C12H19F3O3S/c1-7-10(8(2)3)11(5,6)9(4)18-19(16,17)12(13,14)15/h7-8,10H,1,4H2,2-3,5-6H3. The molecule has 0 fully saturated rings. The molecule has 0 spiro atoms. The SMILES string of the molecule is C=CC(C(C)C)C(C)(C)C(=C)OS(=O)(=O)C(F)(F)F. The van der Waals surface area contributed by atoms with Crippen LogP contribution >= 0.6 is 0 Å².